The SMILES string of the molecule is CCO[PH](=O)Nc1cc2ccccc2cc1N[PH](=O)OCC. The second-order valence-electron chi connectivity index (χ2n) is 4.44. The summed E-state index contributed by atoms with van der Waals surface area (Å²) in [6.07, 6.45) is 0. The van der Waals surface area contributed by atoms with Crippen LogP contribution in [0.1, 0.15) is 13.8 Å². The first-order valence-corrected chi connectivity index (χ1v) is 9.67. The molecule has 0 fully saturated rings. The lowest BCUT2D eigenvalue weighted by molar-refractivity contribution is 0.353. The second-order valence-corrected chi connectivity index (χ2v) is 6.66. The fraction of sp³-hybridized carbons (Fsp3) is 0.286. The van der Waals surface area contributed by atoms with Crippen LogP contribution in [0, 0.1) is 0 Å². The Kier molecular flexibility index (Phi) is 6.47. The lowest BCUT2D eigenvalue weighted by Gasteiger charge is -2.15. The molecule has 120 valence electrons. The largest absolute Gasteiger partial charge is 0.316 e. The minimum atomic E-state index is -2.40. The monoisotopic (exact) mass is 342 g/mol. The average molecular weight is 342 g/mol. The third-order valence-corrected chi connectivity index (χ3v) is 4.96. The molecule has 0 aliphatic carbocycles. The molecule has 8 heteroatoms. The molecule has 0 amide bonds. The molecule has 0 heterocycles. The van der Waals surface area contributed by atoms with Crippen molar-refractivity contribution in [2.45, 2.75) is 13.8 Å². The van der Waals surface area contributed by atoms with Gasteiger partial charge in [0.25, 0.3) is 16.4 Å². The Morgan fingerprint density at radius 2 is 1.27 bits per heavy atom. The Balaban J connectivity index is 2.36. The molecule has 2 aromatic rings. The Labute approximate surface area is 131 Å². The van der Waals surface area contributed by atoms with Crippen molar-refractivity contribution in [1.82, 2.24) is 0 Å². The Bertz CT molecular complexity index is 635. The summed E-state index contributed by atoms with van der Waals surface area (Å²) in [5.74, 6) is 0. The van der Waals surface area contributed by atoms with Crippen LogP contribution in [0.2, 0.25) is 0 Å². The second kappa shape index (κ2) is 8.35. The van der Waals surface area contributed by atoms with Crippen molar-refractivity contribution in [2.75, 3.05) is 23.4 Å². The minimum absolute atomic E-state index is 0.358. The lowest BCUT2D eigenvalue weighted by Crippen LogP contribution is -1.97. The van der Waals surface area contributed by atoms with E-state index in [1.165, 1.54) is 0 Å². The molecule has 6 nitrogen and oxygen atoms in total. The van der Waals surface area contributed by atoms with Gasteiger partial charge in [0.2, 0.25) is 0 Å². The molecule has 0 saturated heterocycles. The minimum Gasteiger partial charge on any atom is -0.316 e. The van der Waals surface area contributed by atoms with Gasteiger partial charge in [-0.05, 0) is 36.8 Å². The fourth-order valence-electron chi connectivity index (χ4n) is 2.00. The van der Waals surface area contributed by atoms with Crippen LogP contribution in [0.25, 0.3) is 10.8 Å². The Morgan fingerprint density at radius 3 is 1.64 bits per heavy atom. The number of benzene rings is 2. The van der Waals surface area contributed by atoms with E-state index in [1.54, 1.807) is 13.8 Å². The van der Waals surface area contributed by atoms with Crippen LogP contribution < -0.4 is 10.2 Å². The van der Waals surface area contributed by atoms with Gasteiger partial charge in [-0.15, -0.1) is 0 Å². The van der Waals surface area contributed by atoms with E-state index < -0.39 is 16.4 Å². The number of fused-ring (bicyclic) bond motifs is 1. The van der Waals surface area contributed by atoms with Gasteiger partial charge in [0.05, 0.1) is 24.6 Å². The normalized spacial score (nSPS) is 13.7. The van der Waals surface area contributed by atoms with E-state index >= 15 is 0 Å². The summed E-state index contributed by atoms with van der Waals surface area (Å²) in [5.41, 5.74) is 1.16. The highest BCUT2D eigenvalue weighted by molar-refractivity contribution is 7.41. The van der Waals surface area contributed by atoms with Crippen LogP contribution >= 0.6 is 16.4 Å². The highest BCUT2D eigenvalue weighted by Crippen LogP contribution is 2.38. The number of hydrogen-bond donors (Lipinski definition) is 2. The summed E-state index contributed by atoms with van der Waals surface area (Å²) < 4.78 is 33.8. The maximum Gasteiger partial charge on any atom is 0.282 e. The molecule has 0 spiro atoms. The molecule has 22 heavy (non-hydrogen) atoms. The lowest BCUT2D eigenvalue weighted by atomic mass is 10.1. The number of anilines is 2. The molecular formula is C14H20N2O4P2. The van der Waals surface area contributed by atoms with Crippen LogP contribution in [0.4, 0.5) is 11.4 Å². The van der Waals surface area contributed by atoms with Gasteiger partial charge in [0.1, 0.15) is 0 Å². The molecule has 2 aromatic carbocycles. The molecular weight excluding hydrogens is 322 g/mol. The first-order chi connectivity index (χ1) is 10.6. The first-order valence-electron chi connectivity index (χ1n) is 7.04. The zero-order chi connectivity index (χ0) is 15.9. The van der Waals surface area contributed by atoms with Crippen molar-refractivity contribution in [3.63, 3.8) is 0 Å². The van der Waals surface area contributed by atoms with E-state index in [4.69, 9.17) is 9.05 Å². The predicted octanol–water partition coefficient (Wildman–Crippen LogP) is 4.52. The number of nitrogens with one attached hydrogen (secondary N) is 2. The van der Waals surface area contributed by atoms with Crippen molar-refractivity contribution in [3.05, 3.63) is 36.4 Å². The Morgan fingerprint density at radius 1 is 0.864 bits per heavy atom. The van der Waals surface area contributed by atoms with Crippen molar-refractivity contribution in [3.8, 4) is 0 Å². The van der Waals surface area contributed by atoms with Gasteiger partial charge in [-0.3, -0.25) is 9.13 Å². The molecule has 0 aliphatic heterocycles. The first kappa shape index (κ1) is 17.0. The van der Waals surface area contributed by atoms with Crippen LogP contribution in [-0.2, 0) is 18.2 Å². The number of hydrogen-bond acceptors (Lipinski definition) is 4. The van der Waals surface area contributed by atoms with Crippen LogP contribution in [-0.4, -0.2) is 13.2 Å². The van der Waals surface area contributed by atoms with Gasteiger partial charge in [0, 0.05) is 0 Å². The molecule has 0 saturated carbocycles. The van der Waals surface area contributed by atoms with Gasteiger partial charge < -0.3 is 19.2 Å². The van der Waals surface area contributed by atoms with Gasteiger partial charge in [-0.25, -0.2) is 0 Å². The molecule has 0 radical (unpaired) electrons. The molecule has 2 atom stereocenters. The third-order valence-electron chi connectivity index (χ3n) is 2.91. The summed E-state index contributed by atoms with van der Waals surface area (Å²) in [6, 6.07) is 11.4. The van der Waals surface area contributed by atoms with E-state index in [9.17, 15) is 9.13 Å². The van der Waals surface area contributed by atoms with Gasteiger partial charge in [-0.1, -0.05) is 24.3 Å². The molecule has 2 N–H and O–H groups in total. The van der Waals surface area contributed by atoms with Crippen molar-refractivity contribution >= 4 is 38.5 Å². The maximum absolute atomic E-state index is 11.8. The van der Waals surface area contributed by atoms with Gasteiger partial charge in [0.15, 0.2) is 0 Å². The summed E-state index contributed by atoms with van der Waals surface area (Å²) in [5, 5.41) is 7.64. The smallest absolute Gasteiger partial charge is 0.282 e. The summed E-state index contributed by atoms with van der Waals surface area (Å²) in [4.78, 5) is 0. The molecule has 0 aromatic heterocycles. The van der Waals surface area contributed by atoms with Crippen molar-refractivity contribution in [1.29, 1.82) is 0 Å². The highest BCUT2D eigenvalue weighted by atomic mass is 31.1. The summed E-state index contributed by atoms with van der Waals surface area (Å²) in [6.45, 7) is 4.27. The maximum atomic E-state index is 11.8. The van der Waals surface area contributed by atoms with E-state index in [1.807, 2.05) is 36.4 Å². The zero-order valence-electron chi connectivity index (χ0n) is 12.5. The predicted molar refractivity (Wildman–Crippen MR) is 92.4 cm³/mol. The Hall–Kier alpha value is -1.32. The van der Waals surface area contributed by atoms with Crippen molar-refractivity contribution in [2.24, 2.45) is 0 Å². The topological polar surface area (TPSA) is 76.7 Å². The van der Waals surface area contributed by atoms with Crippen LogP contribution in [0.3, 0.4) is 0 Å². The van der Waals surface area contributed by atoms with Gasteiger partial charge in [-0.2, -0.15) is 0 Å². The van der Waals surface area contributed by atoms with E-state index in [-0.39, 0.29) is 0 Å². The molecule has 2 unspecified atom stereocenters. The highest BCUT2D eigenvalue weighted by Gasteiger charge is 2.10. The quantitative estimate of drug-likeness (QED) is 0.687. The summed E-state index contributed by atoms with van der Waals surface area (Å²) in [7, 11) is -4.80. The standard InChI is InChI=1S/C14H20N2O4P2/c1-3-19-21(17)15-13-9-11-7-5-6-8-12(11)10-14(13)16-22(18)20-4-2/h5-10,21-22H,3-4H2,1-2H3,(H,15,17)(H,16,18). The fourth-order valence-corrected chi connectivity index (χ4v) is 3.52. The number of rotatable bonds is 8. The average Bonchev–Trinajstić information content (AvgIpc) is 2.48. The van der Waals surface area contributed by atoms with Gasteiger partial charge >= 0.3 is 0 Å². The van der Waals surface area contributed by atoms with E-state index in [0.29, 0.717) is 24.6 Å². The summed E-state index contributed by atoms with van der Waals surface area (Å²) >= 11 is 0. The van der Waals surface area contributed by atoms with Crippen molar-refractivity contribution < 1.29 is 18.2 Å². The van der Waals surface area contributed by atoms with Crippen LogP contribution in [0.5, 0.6) is 0 Å². The van der Waals surface area contributed by atoms with E-state index in [2.05, 4.69) is 10.2 Å². The van der Waals surface area contributed by atoms with E-state index in [0.717, 1.165) is 10.8 Å². The molecule has 0 bridgehead atoms. The molecule has 2 rings (SSSR count). The zero-order valence-corrected chi connectivity index (χ0v) is 14.5. The third kappa shape index (κ3) is 4.59. The molecule has 0 aliphatic rings. The van der Waals surface area contributed by atoms with Crippen LogP contribution in [0.15, 0.2) is 36.4 Å².